The van der Waals surface area contributed by atoms with E-state index in [0.717, 1.165) is 77.0 Å². The molecule has 0 saturated carbocycles. The van der Waals surface area contributed by atoms with Crippen molar-refractivity contribution >= 4 is 17.9 Å². The predicted molar refractivity (Wildman–Crippen MR) is 256 cm³/mol. The summed E-state index contributed by atoms with van der Waals surface area (Å²) in [6, 6.07) is 0. The van der Waals surface area contributed by atoms with E-state index in [0.29, 0.717) is 19.3 Å². The molecule has 0 aromatic rings. The monoisotopic (exact) mass is 829 g/mol. The zero-order valence-corrected chi connectivity index (χ0v) is 38.2. The van der Waals surface area contributed by atoms with Crippen LogP contribution in [-0.2, 0) is 28.6 Å². The van der Waals surface area contributed by atoms with E-state index in [4.69, 9.17) is 14.2 Å². The molecule has 0 saturated heterocycles. The lowest BCUT2D eigenvalue weighted by molar-refractivity contribution is -0.167. The number of carbonyl (C=O) groups is 3. The highest BCUT2D eigenvalue weighted by molar-refractivity contribution is 5.71. The van der Waals surface area contributed by atoms with Crippen molar-refractivity contribution < 1.29 is 28.6 Å². The molecular weight excluding hydrogens is 745 g/mol. The lowest BCUT2D eigenvalue weighted by Crippen LogP contribution is -2.30. The maximum Gasteiger partial charge on any atom is 0.306 e. The predicted octanol–water partition coefficient (Wildman–Crippen LogP) is 15.4. The molecule has 0 heterocycles. The molecule has 0 N–H and O–H groups in total. The Hall–Kier alpha value is -4.19. The molecule has 6 nitrogen and oxygen atoms in total. The van der Waals surface area contributed by atoms with Gasteiger partial charge in [-0.3, -0.25) is 14.4 Å². The Labute approximate surface area is 367 Å². The SMILES string of the molecule is CC\C=C/C=C\C=C/C=C\CCCCCC(=O)OC(COC(=O)CCC/C=C\C/C=C\C/C=C\CCCCCCCC)COC(=O)CCCC/C=C\C/C=C\C/C=C\CC. The van der Waals surface area contributed by atoms with E-state index in [1.807, 2.05) is 36.5 Å². The number of ether oxygens (including phenoxy) is 3. The highest BCUT2D eigenvalue weighted by Gasteiger charge is 2.19. The Morgan fingerprint density at radius 2 is 0.750 bits per heavy atom. The van der Waals surface area contributed by atoms with Crippen LogP contribution in [0, 0.1) is 0 Å². The van der Waals surface area contributed by atoms with Crippen LogP contribution in [0.4, 0.5) is 0 Å². The molecule has 336 valence electrons. The summed E-state index contributed by atoms with van der Waals surface area (Å²) in [5.74, 6) is -1.08. The summed E-state index contributed by atoms with van der Waals surface area (Å²) in [4.78, 5) is 37.8. The first-order chi connectivity index (χ1) is 29.5. The van der Waals surface area contributed by atoms with Crippen molar-refractivity contribution in [2.24, 2.45) is 0 Å². The molecule has 1 unspecified atom stereocenters. The van der Waals surface area contributed by atoms with Gasteiger partial charge in [-0.1, -0.05) is 181 Å². The van der Waals surface area contributed by atoms with Crippen LogP contribution < -0.4 is 0 Å². The van der Waals surface area contributed by atoms with Gasteiger partial charge in [0, 0.05) is 19.3 Å². The molecule has 0 aliphatic carbocycles. The molecular formula is C54H84O6. The highest BCUT2D eigenvalue weighted by atomic mass is 16.6. The van der Waals surface area contributed by atoms with Gasteiger partial charge in [-0.05, 0) is 103 Å². The van der Waals surface area contributed by atoms with E-state index < -0.39 is 6.10 Å². The van der Waals surface area contributed by atoms with Crippen molar-refractivity contribution in [1.82, 2.24) is 0 Å². The molecule has 0 rings (SSSR count). The third-order valence-electron chi connectivity index (χ3n) is 9.28. The van der Waals surface area contributed by atoms with Crippen LogP contribution in [0.15, 0.2) is 122 Å². The van der Waals surface area contributed by atoms with Gasteiger partial charge in [0.25, 0.3) is 0 Å². The molecule has 0 aromatic carbocycles. The third-order valence-corrected chi connectivity index (χ3v) is 9.28. The summed E-state index contributed by atoms with van der Waals surface area (Å²) in [5.41, 5.74) is 0. The van der Waals surface area contributed by atoms with Gasteiger partial charge in [-0.25, -0.2) is 0 Å². The van der Waals surface area contributed by atoms with Crippen molar-refractivity contribution in [3.8, 4) is 0 Å². The highest BCUT2D eigenvalue weighted by Crippen LogP contribution is 2.10. The number of hydrogen-bond acceptors (Lipinski definition) is 6. The average Bonchev–Trinajstić information content (AvgIpc) is 3.24. The van der Waals surface area contributed by atoms with Gasteiger partial charge in [-0.2, -0.15) is 0 Å². The van der Waals surface area contributed by atoms with E-state index in [1.54, 1.807) is 0 Å². The number of esters is 3. The molecule has 0 spiro atoms. The molecule has 0 aliphatic rings. The average molecular weight is 829 g/mol. The summed E-state index contributed by atoms with van der Waals surface area (Å²) in [6.07, 6.45) is 64.8. The normalized spacial score (nSPS) is 13.2. The minimum Gasteiger partial charge on any atom is -0.462 e. The van der Waals surface area contributed by atoms with Crippen LogP contribution in [-0.4, -0.2) is 37.2 Å². The first kappa shape index (κ1) is 55.8. The molecule has 1 atom stereocenters. The first-order valence-electron chi connectivity index (χ1n) is 23.6. The zero-order valence-electron chi connectivity index (χ0n) is 38.2. The molecule has 6 heteroatoms. The Balaban J connectivity index is 4.59. The van der Waals surface area contributed by atoms with Crippen LogP contribution in [0.5, 0.6) is 0 Å². The van der Waals surface area contributed by atoms with Crippen LogP contribution in [0.25, 0.3) is 0 Å². The lowest BCUT2D eigenvalue weighted by Gasteiger charge is -2.18. The number of unbranched alkanes of at least 4 members (excludes halogenated alkanes) is 12. The quantitative estimate of drug-likeness (QED) is 0.0201. The van der Waals surface area contributed by atoms with Gasteiger partial charge < -0.3 is 14.2 Å². The largest absolute Gasteiger partial charge is 0.462 e. The molecule has 0 bridgehead atoms. The fourth-order valence-corrected chi connectivity index (χ4v) is 5.77. The molecule has 0 radical (unpaired) electrons. The Morgan fingerprint density at radius 3 is 1.32 bits per heavy atom. The van der Waals surface area contributed by atoms with Crippen LogP contribution in [0.2, 0.25) is 0 Å². The fraction of sp³-hybridized carbons (Fsp3) is 0.574. The molecule has 0 fully saturated rings. The van der Waals surface area contributed by atoms with Gasteiger partial charge >= 0.3 is 17.9 Å². The minimum absolute atomic E-state index is 0.134. The second kappa shape index (κ2) is 47.5. The summed E-state index contributed by atoms with van der Waals surface area (Å²) in [5, 5.41) is 0. The standard InChI is InChI=1S/C54H84O6/c1-4-7-10-13-16-19-22-25-26-27-28-30-32-35-38-41-44-47-53(56)59-50-51(49-58-52(55)46-43-40-37-34-31-24-21-18-15-12-9-6-3)60-54(57)48-45-42-39-36-33-29-23-20-17-14-11-8-5-2/h8-9,11-12,14,17-18,20-21,23,25-26,28-31,33-35,38,51H,4-7,10,13,15-16,19,22,24,27,32,36-37,39-50H2,1-3H3/b11-8-,12-9-,17-14-,21-18-,23-20-,26-25-,30-28-,33-29-,34-31-,38-35-. The molecule has 0 aromatic heterocycles. The summed E-state index contributed by atoms with van der Waals surface area (Å²) < 4.78 is 16.6. The van der Waals surface area contributed by atoms with E-state index in [1.165, 1.54) is 44.9 Å². The molecule has 0 aliphatic heterocycles. The number of allylic oxidation sites excluding steroid dienone is 20. The number of carbonyl (C=O) groups excluding carboxylic acids is 3. The zero-order chi connectivity index (χ0) is 43.7. The van der Waals surface area contributed by atoms with Crippen molar-refractivity contribution in [2.75, 3.05) is 13.2 Å². The van der Waals surface area contributed by atoms with E-state index >= 15 is 0 Å². The third kappa shape index (κ3) is 44.9. The second-order valence-electron chi connectivity index (χ2n) is 15.0. The fourth-order valence-electron chi connectivity index (χ4n) is 5.77. The maximum absolute atomic E-state index is 12.7. The molecule has 0 amide bonds. The van der Waals surface area contributed by atoms with Gasteiger partial charge in [0.05, 0.1) is 0 Å². The summed E-state index contributed by atoms with van der Waals surface area (Å²) in [6.45, 7) is 6.22. The van der Waals surface area contributed by atoms with Crippen molar-refractivity contribution in [3.05, 3.63) is 122 Å². The van der Waals surface area contributed by atoms with E-state index in [2.05, 4.69) is 106 Å². The van der Waals surface area contributed by atoms with E-state index in [-0.39, 0.29) is 50.4 Å². The first-order valence-corrected chi connectivity index (χ1v) is 23.6. The summed E-state index contributed by atoms with van der Waals surface area (Å²) >= 11 is 0. The van der Waals surface area contributed by atoms with Crippen molar-refractivity contribution in [1.29, 1.82) is 0 Å². The van der Waals surface area contributed by atoms with Crippen molar-refractivity contribution in [2.45, 2.75) is 187 Å². The minimum atomic E-state index is -0.836. The number of rotatable bonds is 40. The number of hydrogen-bond donors (Lipinski definition) is 0. The van der Waals surface area contributed by atoms with Crippen LogP contribution in [0.1, 0.15) is 181 Å². The molecule has 60 heavy (non-hydrogen) atoms. The Bertz CT molecular complexity index is 1320. The van der Waals surface area contributed by atoms with Gasteiger partial charge in [0.15, 0.2) is 6.10 Å². The van der Waals surface area contributed by atoms with Crippen LogP contribution >= 0.6 is 0 Å². The van der Waals surface area contributed by atoms with Crippen LogP contribution in [0.3, 0.4) is 0 Å². The van der Waals surface area contributed by atoms with Crippen molar-refractivity contribution in [3.63, 3.8) is 0 Å². The Morgan fingerprint density at radius 1 is 0.367 bits per heavy atom. The topological polar surface area (TPSA) is 78.9 Å². The van der Waals surface area contributed by atoms with Gasteiger partial charge in [0.1, 0.15) is 13.2 Å². The van der Waals surface area contributed by atoms with Gasteiger partial charge in [-0.15, -0.1) is 0 Å². The lowest BCUT2D eigenvalue weighted by atomic mass is 10.1. The Kier molecular flexibility index (Phi) is 44.2. The summed E-state index contributed by atoms with van der Waals surface area (Å²) in [7, 11) is 0. The van der Waals surface area contributed by atoms with E-state index in [9.17, 15) is 14.4 Å². The second-order valence-corrected chi connectivity index (χ2v) is 15.0. The van der Waals surface area contributed by atoms with Gasteiger partial charge in [0.2, 0.25) is 0 Å². The maximum atomic E-state index is 12.7. The smallest absolute Gasteiger partial charge is 0.306 e.